The van der Waals surface area contributed by atoms with Crippen molar-refractivity contribution in [1.29, 1.82) is 10.5 Å². The Morgan fingerprint density at radius 2 is 1.85 bits per heavy atom. The first-order valence-corrected chi connectivity index (χ1v) is 7.68. The molecule has 1 heterocycles. The second-order valence-corrected chi connectivity index (χ2v) is 5.20. The number of halogens is 2. The van der Waals surface area contributed by atoms with Gasteiger partial charge in [0, 0.05) is 19.2 Å². The number of anilines is 3. The zero-order valence-corrected chi connectivity index (χ0v) is 13.9. The Bertz CT molecular complexity index is 906. The Morgan fingerprint density at radius 3 is 2.44 bits per heavy atom. The maximum Gasteiger partial charge on any atom is 0.353 e. The Kier molecular flexibility index (Phi) is 6.49. The average Bonchev–Trinajstić information content (AvgIpc) is 2.64. The van der Waals surface area contributed by atoms with E-state index in [1.165, 1.54) is 4.90 Å². The van der Waals surface area contributed by atoms with Crippen LogP contribution in [0.25, 0.3) is 0 Å². The topological polar surface area (TPSA) is 132 Å². The maximum atomic E-state index is 13.9. The third kappa shape index (κ3) is 4.83. The molecule has 27 heavy (non-hydrogen) atoms. The Hall–Kier alpha value is -3.86. The summed E-state index contributed by atoms with van der Waals surface area (Å²) in [6.07, 6.45) is 1.12. The van der Waals surface area contributed by atoms with Gasteiger partial charge in [-0.2, -0.15) is 10.5 Å². The van der Waals surface area contributed by atoms with Gasteiger partial charge in [-0.15, -0.1) is 0 Å². The molecule has 0 aliphatic rings. The van der Waals surface area contributed by atoms with Crippen LogP contribution in [0.4, 0.5) is 31.8 Å². The van der Waals surface area contributed by atoms with Crippen LogP contribution < -0.4 is 10.2 Å². The molecule has 1 N–H and O–H groups in total. The van der Waals surface area contributed by atoms with Gasteiger partial charge in [-0.05, 0) is 12.1 Å². The molecule has 138 valence electrons. The van der Waals surface area contributed by atoms with Crippen LogP contribution in [-0.2, 0) is 0 Å². The molecule has 0 spiro atoms. The Labute approximate surface area is 152 Å². The van der Waals surface area contributed by atoms with E-state index >= 15 is 0 Å². The summed E-state index contributed by atoms with van der Waals surface area (Å²) in [4.78, 5) is 19.9. The van der Waals surface area contributed by atoms with E-state index in [0.717, 1.165) is 24.5 Å². The molecular formula is C16H13F2N7O2. The van der Waals surface area contributed by atoms with E-state index in [4.69, 9.17) is 10.5 Å². The molecule has 2 aromatic rings. The lowest BCUT2D eigenvalue weighted by Crippen LogP contribution is -2.27. The fraction of sp³-hybridized carbons (Fsp3) is 0.250. The molecule has 2 rings (SSSR count). The number of nitriles is 2. The highest BCUT2D eigenvalue weighted by atomic mass is 19.1. The molecule has 0 fully saturated rings. The molecule has 1 aromatic carbocycles. The van der Waals surface area contributed by atoms with Gasteiger partial charge in [-0.3, -0.25) is 10.1 Å². The molecule has 0 unspecified atom stereocenters. The van der Waals surface area contributed by atoms with Crippen LogP contribution in [0.15, 0.2) is 24.5 Å². The molecule has 0 amide bonds. The molecule has 0 radical (unpaired) electrons. The van der Waals surface area contributed by atoms with Crippen molar-refractivity contribution in [2.75, 3.05) is 23.3 Å². The van der Waals surface area contributed by atoms with Gasteiger partial charge in [-0.1, -0.05) is 0 Å². The lowest BCUT2D eigenvalue weighted by atomic mass is 10.2. The second kappa shape index (κ2) is 9.01. The van der Waals surface area contributed by atoms with Crippen molar-refractivity contribution >= 4 is 23.0 Å². The van der Waals surface area contributed by atoms with Crippen molar-refractivity contribution in [3.8, 4) is 12.1 Å². The van der Waals surface area contributed by atoms with Crippen LogP contribution in [0.5, 0.6) is 0 Å². The molecule has 0 aliphatic heterocycles. The highest BCUT2D eigenvalue weighted by molar-refractivity contribution is 5.74. The Morgan fingerprint density at radius 1 is 1.19 bits per heavy atom. The van der Waals surface area contributed by atoms with Crippen molar-refractivity contribution < 1.29 is 13.7 Å². The zero-order chi connectivity index (χ0) is 19.8. The predicted octanol–water partition coefficient (Wildman–Crippen LogP) is 3.04. The van der Waals surface area contributed by atoms with Gasteiger partial charge >= 0.3 is 5.69 Å². The van der Waals surface area contributed by atoms with E-state index < -0.39 is 22.2 Å². The summed E-state index contributed by atoms with van der Waals surface area (Å²) < 4.78 is 27.2. The van der Waals surface area contributed by atoms with Crippen LogP contribution in [0.1, 0.15) is 12.8 Å². The average molecular weight is 373 g/mol. The molecule has 9 nitrogen and oxygen atoms in total. The van der Waals surface area contributed by atoms with Crippen LogP contribution >= 0.6 is 0 Å². The van der Waals surface area contributed by atoms with E-state index in [2.05, 4.69) is 15.3 Å². The summed E-state index contributed by atoms with van der Waals surface area (Å²) in [7, 11) is 0. The predicted molar refractivity (Wildman–Crippen MR) is 91.0 cm³/mol. The number of aromatic nitrogens is 2. The molecule has 0 bridgehead atoms. The minimum absolute atomic E-state index is 0.0495. The fourth-order valence-electron chi connectivity index (χ4n) is 2.27. The minimum Gasteiger partial charge on any atom is -0.349 e. The third-order valence-electron chi connectivity index (χ3n) is 3.45. The van der Waals surface area contributed by atoms with Crippen molar-refractivity contribution in [3.05, 3.63) is 46.3 Å². The molecule has 0 saturated carbocycles. The highest BCUT2D eigenvalue weighted by Gasteiger charge is 2.27. The van der Waals surface area contributed by atoms with Crippen molar-refractivity contribution in [1.82, 2.24) is 9.97 Å². The molecule has 0 atom stereocenters. The van der Waals surface area contributed by atoms with Crippen molar-refractivity contribution in [3.63, 3.8) is 0 Å². The lowest BCUT2D eigenvalue weighted by molar-refractivity contribution is -0.383. The second-order valence-electron chi connectivity index (χ2n) is 5.20. The summed E-state index contributed by atoms with van der Waals surface area (Å²) in [6.45, 7) is 0.202. The van der Waals surface area contributed by atoms with E-state index in [-0.39, 0.29) is 43.3 Å². The first kappa shape index (κ1) is 19.5. The zero-order valence-electron chi connectivity index (χ0n) is 13.9. The number of nitro groups is 1. The number of nitrogens with one attached hydrogen (secondary N) is 1. The van der Waals surface area contributed by atoms with Crippen LogP contribution in [0.3, 0.4) is 0 Å². The van der Waals surface area contributed by atoms with Gasteiger partial charge in [-0.25, -0.2) is 18.7 Å². The van der Waals surface area contributed by atoms with E-state index in [0.29, 0.717) is 0 Å². The molecule has 0 aliphatic carbocycles. The maximum absolute atomic E-state index is 13.9. The van der Waals surface area contributed by atoms with Crippen molar-refractivity contribution in [2.24, 2.45) is 0 Å². The largest absolute Gasteiger partial charge is 0.353 e. The molecule has 11 heteroatoms. The van der Waals surface area contributed by atoms with Gasteiger partial charge in [0.05, 0.1) is 35.6 Å². The van der Waals surface area contributed by atoms with E-state index in [1.807, 2.05) is 12.1 Å². The van der Waals surface area contributed by atoms with Crippen LogP contribution in [0, 0.1) is 44.4 Å². The summed E-state index contributed by atoms with van der Waals surface area (Å²) in [6, 6.07) is 6.45. The van der Waals surface area contributed by atoms with Gasteiger partial charge in [0.25, 0.3) is 0 Å². The van der Waals surface area contributed by atoms with Gasteiger partial charge in [0.2, 0.25) is 11.6 Å². The lowest BCUT2D eigenvalue weighted by Gasteiger charge is -2.21. The summed E-state index contributed by atoms with van der Waals surface area (Å²) in [5, 5.41) is 31.6. The van der Waals surface area contributed by atoms with E-state index in [1.54, 1.807) is 0 Å². The Balaban J connectivity index is 2.49. The monoisotopic (exact) mass is 373 g/mol. The normalized spacial score (nSPS) is 9.93. The van der Waals surface area contributed by atoms with Crippen molar-refractivity contribution in [2.45, 2.75) is 12.8 Å². The number of hydrogen-bond acceptors (Lipinski definition) is 8. The van der Waals surface area contributed by atoms with Gasteiger partial charge < -0.3 is 10.2 Å². The summed E-state index contributed by atoms with van der Waals surface area (Å²) in [5.41, 5.74) is -0.902. The summed E-state index contributed by atoms with van der Waals surface area (Å²) >= 11 is 0. The molecule has 0 saturated heterocycles. The third-order valence-corrected chi connectivity index (χ3v) is 3.45. The number of nitrogens with zero attached hydrogens (tertiary/aromatic N) is 6. The van der Waals surface area contributed by atoms with Crippen LogP contribution in [-0.4, -0.2) is 28.0 Å². The number of hydrogen-bond donors (Lipinski definition) is 1. The molecular weight excluding hydrogens is 360 g/mol. The first-order valence-electron chi connectivity index (χ1n) is 7.68. The minimum atomic E-state index is -0.823. The quantitative estimate of drug-likeness (QED) is 0.551. The van der Waals surface area contributed by atoms with Crippen LogP contribution in [0.2, 0.25) is 0 Å². The summed E-state index contributed by atoms with van der Waals surface area (Å²) in [5.74, 6) is -2.02. The number of rotatable bonds is 8. The van der Waals surface area contributed by atoms with E-state index in [9.17, 15) is 18.9 Å². The highest BCUT2D eigenvalue weighted by Crippen LogP contribution is 2.34. The first-order chi connectivity index (χ1) is 13.0. The smallest absolute Gasteiger partial charge is 0.349 e. The molecule has 1 aromatic heterocycles. The van der Waals surface area contributed by atoms with Gasteiger partial charge in [0.15, 0.2) is 0 Å². The van der Waals surface area contributed by atoms with Gasteiger partial charge in [0.1, 0.15) is 18.0 Å². The number of benzene rings is 1. The SMILES string of the molecule is N#CCCN(CCC#N)c1ncnc(Nc2cc(F)ccc2F)c1[N+](=O)[O-]. The standard InChI is InChI=1S/C16H13F2N7O2/c17-11-3-4-12(18)13(9-11)23-15-14(25(26)27)16(22-10-21-15)24(7-1-5-19)8-2-6-20/h3-4,9-10H,1-2,7-8H2,(H,21,22,23). The fourth-order valence-corrected chi connectivity index (χ4v) is 2.27.